The van der Waals surface area contributed by atoms with Crippen molar-refractivity contribution in [3.63, 3.8) is 0 Å². The van der Waals surface area contributed by atoms with Crippen molar-refractivity contribution in [1.82, 2.24) is 4.98 Å². The lowest BCUT2D eigenvalue weighted by Gasteiger charge is -2.19. The SMILES string of the molecule is CC(C)(C)OC(=O)c1cc[nH]c1N. The van der Waals surface area contributed by atoms with Crippen LogP contribution in [0.2, 0.25) is 0 Å². The predicted octanol–water partition coefficient (Wildman–Crippen LogP) is 1.55. The van der Waals surface area contributed by atoms with Crippen LogP contribution < -0.4 is 5.73 Å². The van der Waals surface area contributed by atoms with E-state index in [1.807, 2.05) is 20.8 Å². The Hall–Kier alpha value is -1.45. The Bertz CT molecular complexity index is 310. The zero-order valence-corrected chi connectivity index (χ0v) is 8.05. The van der Waals surface area contributed by atoms with Gasteiger partial charge in [-0.1, -0.05) is 0 Å². The molecule has 0 aliphatic rings. The summed E-state index contributed by atoms with van der Waals surface area (Å²) in [6.45, 7) is 5.44. The molecule has 0 saturated carbocycles. The number of anilines is 1. The molecule has 0 spiro atoms. The van der Waals surface area contributed by atoms with Crippen molar-refractivity contribution < 1.29 is 9.53 Å². The minimum Gasteiger partial charge on any atom is -0.456 e. The first-order chi connectivity index (χ1) is 5.90. The van der Waals surface area contributed by atoms with Crippen LogP contribution in [0.25, 0.3) is 0 Å². The normalized spacial score (nSPS) is 11.3. The van der Waals surface area contributed by atoms with Crippen LogP contribution in [0.15, 0.2) is 12.3 Å². The number of nitrogen functional groups attached to an aromatic ring is 1. The van der Waals surface area contributed by atoms with Gasteiger partial charge < -0.3 is 15.5 Å². The van der Waals surface area contributed by atoms with E-state index in [2.05, 4.69) is 4.98 Å². The zero-order valence-electron chi connectivity index (χ0n) is 8.05. The molecule has 13 heavy (non-hydrogen) atoms. The summed E-state index contributed by atoms with van der Waals surface area (Å²) in [6.07, 6.45) is 1.61. The summed E-state index contributed by atoms with van der Waals surface area (Å²) >= 11 is 0. The quantitative estimate of drug-likeness (QED) is 0.647. The average Bonchev–Trinajstić information content (AvgIpc) is 2.30. The number of nitrogens with one attached hydrogen (secondary N) is 1. The van der Waals surface area contributed by atoms with Gasteiger partial charge >= 0.3 is 5.97 Å². The van der Waals surface area contributed by atoms with Crippen molar-refractivity contribution in [3.8, 4) is 0 Å². The molecule has 4 nitrogen and oxygen atoms in total. The number of H-pyrrole nitrogens is 1. The molecule has 1 aromatic rings. The van der Waals surface area contributed by atoms with Crippen LogP contribution in [-0.4, -0.2) is 16.6 Å². The number of esters is 1. The number of hydrogen-bond acceptors (Lipinski definition) is 3. The third-order valence-electron chi connectivity index (χ3n) is 1.40. The molecule has 1 rings (SSSR count). The molecule has 1 heterocycles. The van der Waals surface area contributed by atoms with Crippen LogP contribution in [-0.2, 0) is 4.74 Å². The summed E-state index contributed by atoms with van der Waals surface area (Å²) in [6, 6.07) is 1.60. The first-order valence-corrected chi connectivity index (χ1v) is 4.06. The van der Waals surface area contributed by atoms with Crippen molar-refractivity contribution in [2.24, 2.45) is 0 Å². The summed E-state index contributed by atoms with van der Waals surface area (Å²) in [7, 11) is 0. The maximum atomic E-state index is 11.4. The number of ether oxygens (including phenoxy) is 1. The molecule has 0 amide bonds. The van der Waals surface area contributed by atoms with Crippen molar-refractivity contribution >= 4 is 11.8 Å². The van der Waals surface area contributed by atoms with Gasteiger partial charge in [-0.05, 0) is 26.8 Å². The molecule has 0 aliphatic heterocycles. The Balaban J connectivity index is 2.76. The van der Waals surface area contributed by atoms with E-state index in [-0.39, 0.29) is 0 Å². The van der Waals surface area contributed by atoms with Gasteiger partial charge in [-0.25, -0.2) is 4.79 Å². The molecule has 4 heteroatoms. The molecule has 1 aromatic heterocycles. The lowest BCUT2D eigenvalue weighted by atomic mass is 10.2. The Morgan fingerprint density at radius 2 is 2.15 bits per heavy atom. The predicted molar refractivity (Wildman–Crippen MR) is 50.4 cm³/mol. The van der Waals surface area contributed by atoms with Gasteiger partial charge in [-0.3, -0.25) is 0 Å². The molecule has 72 valence electrons. The maximum Gasteiger partial charge on any atom is 0.342 e. The van der Waals surface area contributed by atoms with Crippen molar-refractivity contribution in [2.75, 3.05) is 5.73 Å². The lowest BCUT2D eigenvalue weighted by molar-refractivity contribution is 0.00711. The topological polar surface area (TPSA) is 68.1 Å². The van der Waals surface area contributed by atoms with Crippen molar-refractivity contribution in [1.29, 1.82) is 0 Å². The molecule has 3 N–H and O–H groups in total. The van der Waals surface area contributed by atoms with Gasteiger partial charge in [-0.15, -0.1) is 0 Å². The van der Waals surface area contributed by atoms with Crippen LogP contribution in [0.4, 0.5) is 5.82 Å². The number of rotatable bonds is 1. The summed E-state index contributed by atoms with van der Waals surface area (Å²) in [5.41, 5.74) is 5.40. The number of aromatic amines is 1. The maximum absolute atomic E-state index is 11.4. The second-order valence-corrected chi connectivity index (χ2v) is 3.81. The zero-order chi connectivity index (χ0) is 10.1. The fraction of sp³-hybridized carbons (Fsp3) is 0.444. The number of aromatic nitrogens is 1. The van der Waals surface area contributed by atoms with Crippen LogP contribution in [0.5, 0.6) is 0 Å². The Labute approximate surface area is 77.1 Å². The molecule has 0 bridgehead atoms. The minimum atomic E-state index is -0.485. The van der Waals surface area contributed by atoms with E-state index in [9.17, 15) is 4.79 Å². The fourth-order valence-corrected chi connectivity index (χ4v) is 0.893. The highest BCUT2D eigenvalue weighted by Gasteiger charge is 2.19. The highest BCUT2D eigenvalue weighted by Crippen LogP contribution is 2.15. The fourth-order valence-electron chi connectivity index (χ4n) is 0.893. The second-order valence-electron chi connectivity index (χ2n) is 3.81. The third kappa shape index (κ3) is 2.50. The van der Waals surface area contributed by atoms with Crippen LogP contribution >= 0.6 is 0 Å². The largest absolute Gasteiger partial charge is 0.456 e. The molecule has 0 fully saturated rings. The van der Waals surface area contributed by atoms with E-state index in [0.717, 1.165) is 0 Å². The van der Waals surface area contributed by atoms with Crippen molar-refractivity contribution in [3.05, 3.63) is 17.8 Å². The number of carbonyl (C=O) groups is 1. The van der Waals surface area contributed by atoms with E-state index in [0.29, 0.717) is 11.4 Å². The van der Waals surface area contributed by atoms with Crippen LogP contribution in [0, 0.1) is 0 Å². The third-order valence-corrected chi connectivity index (χ3v) is 1.40. The molecular weight excluding hydrogens is 168 g/mol. The van der Waals surface area contributed by atoms with E-state index < -0.39 is 11.6 Å². The Morgan fingerprint density at radius 3 is 2.54 bits per heavy atom. The van der Waals surface area contributed by atoms with E-state index in [1.165, 1.54) is 0 Å². The molecular formula is C9H14N2O2. The first kappa shape index (κ1) is 9.64. The average molecular weight is 182 g/mol. The molecule has 0 aliphatic carbocycles. The van der Waals surface area contributed by atoms with Gasteiger partial charge in [0.1, 0.15) is 17.0 Å². The molecule has 0 radical (unpaired) electrons. The monoisotopic (exact) mass is 182 g/mol. The van der Waals surface area contributed by atoms with E-state index >= 15 is 0 Å². The van der Waals surface area contributed by atoms with Gasteiger partial charge in [0, 0.05) is 6.20 Å². The first-order valence-electron chi connectivity index (χ1n) is 4.06. The molecule has 0 atom stereocenters. The molecule has 0 aromatic carbocycles. The van der Waals surface area contributed by atoms with Crippen LogP contribution in [0.1, 0.15) is 31.1 Å². The van der Waals surface area contributed by atoms with Gasteiger partial charge in [0.2, 0.25) is 0 Å². The lowest BCUT2D eigenvalue weighted by Crippen LogP contribution is -2.24. The van der Waals surface area contributed by atoms with E-state index in [1.54, 1.807) is 12.3 Å². The smallest absolute Gasteiger partial charge is 0.342 e. The van der Waals surface area contributed by atoms with E-state index in [4.69, 9.17) is 10.5 Å². The standard InChI is InChI=1S/C9H14N2O2/c1-9(2,3)13-8(12)6-4-5-11-7(6)10/h4-5,11H,10H2,1-3H3. The number of carbonyl (C=O) groups excluding carboxylic acids is 1. The Morgan fingerprint density at radius 1 is 1.54 bits per heavy atom. The van der Waals surface area contributed by atoms with Gasteiger partial charge in [0.25, 0.3) is 0 Å². The molecule has 0 unspecified atom stereocenters. The summed E-state index contributed by atoms with van der Waals surface area (Å²) in [4.78, 5) is 14.1. The van der Waals surface area contributed by atoms with Crippen molar-refractivity contribution in [2.45, 2.75) is 26.4 Å². The highest BCUT2D eigenvalue weighted by atomic mass is 16.6. The summed E-state index contributed by atoms with van der Waals surface area (Å²) in [5.74, 6) is -0.0551. The number of nitrogens with two attached hydrogens (primary N) is 1. The Kier molecular flexibility index (Phi) is 2.32. The van der Waals surface area contributed by atoms with Gasteiger partial charge in [0.05, 0.1) is 0 Å². The summed E-state index contributed by atoms with van der Waals surface area (Å²) in [5, 5.41) is 0. The summed E-state index contributed by atoms with van der Waals surface area (Å²) < 4.78 is 5.12. The highest BCUT2D eigenvalue weighted by molar-refractivity contribution is 5.94. The number of hydrogen-bond donors (Lipinski definition) is 2. The molecule has 0 saturated heterocycles. The van der Waals surface area contributed by atoms with Gasteiger partial charge in [-0.2, -0.15) is 0 Å². The second kappa shape index (κ2) is 3.12. The van der Waals surface area contributed by atoms with Crippen LogP contribution in [0.3, 0.4) is 0 Å². The minimum absolute atomic E-state index is 0.342. The van der Waals surface area contributed by atoms with Gasteiger partial charge in [0.15, 0.2) is 0 Å².